The molecule has 1 aromatic heterocycles. The predicted molar refractivity (Wildman–Crippen MR) is 55.1 cm³/mol. The molecule has 0 fully saturated rings. The first-order valence-electron chi connectivity index (χ1n) is 4.35. The summed E-state index contributed by atoms with van der Waals surface area (Å²) in [5.74, 6) is -0.280. The lowest BCUT2D eigenvalue weighted by Crippen LogP contribution is -2.37. The zero-order chi connectivity index (χ0) is 11.3. The van der Waals surface area contributed by atoms with Gasteiger partial charge in [-0.2, -0.15) is 0 Å². The second-order valence-electron chi connectivity index (χ2n) is 2.89. The van der Waals surface area contributed by atoms with Gasteiger partial charge in [0.15, 0.2) is 0 Å². The smallest absolute Gasteiger partial charge is 0.312 e. The Hall–Kier alpha value is -2.18. The van der Waals surface area contributed by atoms with Gasteiger partial charge in [0.2, 0.25) is 0 Å². The lowest BCUT2D eigenvalue weighted by Gasteiger charge is -2.03. The Kier molecular flexibility index (Phi) is 3.55. The van der Waals surface area contributed by atoms with E-state index in [0.29, 0.717) is 17.9 Å². The molecule has 0 radical (unpaired) electrons. The minimum Gasteiger partial charge on any atom is -0.397 e. The molecule has 0 atom stereocenters. The third kappa shape index (κ3) is 3.59. The van der Waals surface area contributed by atoms with E-state index in [-0.39, 0.29) is 12.5 Å². The van der Waals surface area contributed by atoms with E-state index in [2.05, 4.69) is 15.6 Å². The van der Waals surface area contributed by atoms with Crippen LogP contribution in [0.1, 0.15) is 10.5 Å². The van der Waals surface area contributed by atoms with Crippen LogP contribution in [-0.2, 0) is 0 Å². The van der Waals surface area contributed by atoms with Gasteiger partial charge >= 0.3 is 6.03 Å². The summed E-state index contributed by atoms with van der Waals surface area (Å²) in [5.41, 5.74) is 11.1. The number of primary amides is 1. The molecule has 0 aliphatic rings. The van der Waals surface area contributed by atoms with Crippen molar-refractivity contribution in [3.05, 3.63) is 18.0 Å². The number of nitrogen functional groups attached to an aromatic ring is 1. The molecule has 0 aliphatic heterocycles. The van der Waals surface area contributed by atoms with Crippen LogP contribution >= 0.6 is 0 Å². The van der Waals surface area contributed by atoms with Gasteiger partial charge in [-0.05, 0) is 6.07 Å². The molecule has 1 aromatic rings. The van der Waals surface area contributed by atoms with Gasteiger partial charge in [-0.1, -0.05) is 0 Å². The minimum atomic E-state index is -0.617. The third-order valence-corrected chi connectivity index (χ3v) is 1.66. The van der Waals surface area contributed by atoms with E-state index in [4.69, 9.17) is 11.5 Å². The number of aromatic nitrogens is 1. The molecular formula is C8H13N5O2. The van der Waals surface area contributed by atoms with Crippen LogP contribution in [0.4, 0.5) is 10.5 Å². The summed E-state index contributed by atoms with van der Waals surface area (Å²) in [4.78, 5) is 24.4. The molecule has 15 heavy (non-hydrogen) atoms. The summed E-state index contributed by atoms with van der Waals surface area (Å²) in [6.45, 7) is 0.595. The Bertz CT molecular complexity index is 360. The largest absolute Gasteiger partial charge is 0.397 e. The van der Waals surface area contributed by atoms with Gasteiger partial charge in [-0.15, -0.1) is 0 Å². The van der Waals surface area contributed by atoms with Gasteiger partial charge in [-0.25, -0.2) is 4.79 Å². The second kappa shape index (κ2) is 4.89. The van der Waals surface area contributed by atoms with E-state index in [1.165, 1.54) is 12.3 Å². The number of nitrogens with two attached hydrogens (primary N) is 2. The SMILES string of the molecule is NC(=O)NCCNC(=O)c1cc(N)c[nH]1. The van der Waals surface area contributed by atoms with Crippen LogP contribution in [0.2, 0.25) is 0 Å². The Morgan fingerprint density at radius 1 is 1.33 bits per heavy atom. The van der Waals surface area contributed by atoms with Gasteiger partial charge in [-0.3, -0.25) is 4.79 Å². The summed E-state index contributed by atoms with van der Waals surface area (Å²) >= 11 is 0. The Labute approximate surface area is 86.2 Å². The summed E-state index contributed by atoms with van der Waals surface area (Å²) in [6, 6.07) is 0.907. The molecule has 7 N–H and O–H groups in total. The van der Waals surface area contributed by atoms with Crippen molar-refractivity contribution < 1.29 is 9.59 Å². The van der Waals surface area contributed by atoms with E-state index in [1.807, 2.05) is 0 Å². The maximum atomic E-state index is 11.4. The Morgan fingerprint density at radius 2 is 2.00 bits per heavy atom. The van der Waals surface area contributed by atoms with Crippen molar-refractivity contribution in [2.24, 2.45) is 5.73 Å². The number of nitrogens with one attached hydrogen (secondary N) is 3. The van der Waals surface area contributed by atoms with Crippen molar-refractivity contribution in [2.45, 2.75) is 0 Å². The lowest BCUT2D eigenvalue weighted by molar-refractivity contribution is 0.0949. The zero-order valence-corrected chi connectivity index (χ0v) is 8.04. The topological polar surface area (TPSA) is 126 Å². The number of carbonyl (C=O) groups excluding carboxylic acids is 2. The molecule has 82 valence electrons. The number of amides is 3. The van der Waals surface area contributed by atoms with E-state index in [9.17, 15) is 9.59 Å². The van der Waals surface area contributed by atoms with E-state index >= 15 is 0 Å². The minimum absolute atomic E-state index is 0.280. The van der Waals surface area contributed by atoms with Crippen LogP contribution < -0.4 is 22.1 Å². The van der Waals surface area contributed by atoms with E-state index in [0.717, 1.165) is 0 Å². The maximum Gasteiger partial charge on any atom is 0.312 e. The first-order chi connectivity index (χ1) is 7.09. The van der Waals surface area contributed by atoms with Crippen LogP contribution in [-0.4, -0.2) is 30.0 Å². The highest BCUT2D eigenvalue weighted by molar-refractivity contribution is 5.93. The van der Waals surface area contributed by atoms with Crippen molar-refractivity contribution in [3.63, 3.8) is 0 Å². The van der Waals surface area contributed by atoms with Crippen LogP contribution in [0.5, 0.6) is 0 Å². The lowest BCUT2D eigenvalue weighted by atomic mass is 10.4. The van der Waals surface area contributed by atoms with E-state index < -0.39 is 6.03 Å². The molecule has 7 heteroatoms. The van der Waals surface area contributed by atoms with Crippen LogP contribution in [0.25, 0.3) is 0 Å². The number of H-pyrrole nitrogens is 1. The summed E-state index contributed by atoms with van der Waals surface area (Å²) < 4.78 is 0. The van der Waals surface area contributed by atoms with Crippen molar-refractivity contribution in [1.29, 1.82) is 0 Å². The highest BCUT2D eigenvalue weighted by atomic mass is 16.2. The molecule has 0 spiro atoms. The Balaban J connectivity index is 2.28. The third-order valence-electron chi connectivity index (χ3n) is 1.66. The number of rotatable bonds is 4. The summed E-state index contributed by atoms with van der Waals surface area (Å²) in [7, 11) is 0. The molecule has 0 unspecified atom stereocenters. The summed E-state index contributed by atoms with van der Waals surface area (Å²) in [6.07, 6.45) is 1.52. The fourth-order valence-corrected chi connectivity index (χ4v) is 0.999. The molecular weight excluding hydrogens is 198 g/mol. The molecule has 1 heterocycles. The quantitative estimate of drug-likeness (QED) is 0.410. The molecule has 7 nitrogen and oxygen atoms in total. The first kappa shape index (κ1) is 10.9. The zero-order valence-electron chi connectivity index (χ0n) is 8.04. The van der Waals surface area contributed by atoms with Crippen LogP contribution in [0.3, 0.4) is 0 Å². The molecule has 0 saturated carbocycles. The van der Waals surface area contributed by atoms with Crippen molar-refractivity contribution in [2.75, 3.05) is 18.8 Å². The number of anilines is 1. The van der Waals surface area contributed by atoms with Crippen LogP contribution in [0.15, 0.2) is 12.3 Å². The second-order valence-corrected chi connectivity index (χ2v) is 2.89. The predicted octanol–water partition coefficient (Wildman–Crippen LogP) is -1.00. The molecule has 0 aromatic carbocycles. The van der Waals surface area contributed by atoms with Gasteiger partial charge in [0.25, 0.3) is 5.91 Å². The molecule has 1 rings (SSSR count). The van der Waals surface area contributed by atoms with Crippen molar-refractivity contribution >= 4 is 17.6 Å². The highest BCUT2D eigenvalue weighted by Gasteiger charge is 2.06. The number of carbonyl (C=O) groups is 2. The van der Waals surface area contributed by atoms with E-state index in [1.54, 1.807) is 0 Å². The number of hydrogen-bond acceptors (Lipinski definition) is 3. The standard InChI is InChI=1S/C8H13N5O2/c9-5-3-6(13-4-5)7(14)11-1-2-12-8(10)15/h3-4,13H,1-2,9H2,(H,11,14)(H3,10,12,15). The average molecular weight is 211 g/mol. The van der Waals surface area contributed by atoms with Crippen molar-refractivity contribution in [3.8, 4) is 0 Å². The number of hydrogen-bond donors (Lipinski definition) is 5. The number of aromatic amines is 1. The van der Waals surface area contributed by atoms with Gasteiger partial charge < -0.3 is 27.1 Å². The van der Waals surface area contributed by atoms with Crippen LogP contribution in [0, 0.1) is 0 Å². The fraction of sp³-hybridized carbons (Fsp3) is 0.250. The summed E-state index contributed by atoms with van der Waals surface area (Å²) in [5, 5.41) is 4.92. The molecule has 0 aliphatic carbocycles. The first-order valence-corrected chi connectivity index (χ1v) is 4.35. The van der Waals surface area contributed by atoms with Gasteiger partial charge in [0, 0.05) is 25.0 Å². The van der Waals surface area contributed by atoms with Gasteiger partial charge in [0.1, 0.15) is 5.69 Å². The molecule has 3 amide bonds. The molecule has 0 saturated heterocycles. The van der Waals surface area contributed by atoms with Gasteiger partial charge in [0.05, 0.1) is 0 Å². The fourth-order valence-electron chi connectivity index (χ4n) is 0.999. The normalized spacial score (nSPS) is 9.60. The maximum absolute atomic E-state index is 11.4. The monoisotopic (exact) mass is 211 g/mol. The number of urea groups is 1. The Morgan fingerprint density at radius 3 is 2.53 bits per heavy atom. The van der Waals surface area contributed by atoms with Crippen molar-refractivity contribution in [1.82, 2.24) is 15.6 Å². The highest BCUT2D eigenvalue weighted by Crippen LogP contribution is 2.03. The average Bonchev–Trinajstić information content (AvgIpc) is 2.59. The molecule has 0 bridgehead atoms.